The van der Waals surface area contributed by atoms with E-state index in [2.05, 4.69) is 0 Å². The van der Waals surface area contributed by atoms with Crippen molar-refractivity contribution in [1.29, 1.82) is 0 Å². The van der Waals surface area contributed by atoms with Crippen LogP contribution in [0.2, 0.25) is 0 Å². The second-order valence-corrected chi connectivity index (χ2v) is 4.18. The lowest BCUT2D eigenvalue weighted by Crippen LogP contribution is -2.40. The molecule has 1 unspecified atom stereocenters. The second kappa shape index (κ2) is 7.76. The average Bonchev–Trinajstić information content (AvgIpc) is 2.46. The van der Waals surface area contributed by atoms with Gasteiger partial charge in [0.05, 0.1) is 12.8 Å². The molecule has 19 heavy (non-hydrogen) atoms. The third kappa shape index (κ3) is 3.94. The van der Waals surface area contributed by atoms with Gasteiger partial charge in [0.2, 0.25) is 0 Å². The Morgan fingerprint density at radius 1 is 1.37 bits per heavy atom. The standard InChI is InChI=1S/C14H22N2O3/c1-11(18-2)14(17)16(10-6-9-15)12-7-4-5-8-13(12)19-3/h4-5,7-8,11H,6,9-10,15H2,1-3H3. The summed E-state index contributed by atoms with van der Waals surface area (Å²) in [6.07, 6.45) is 0.225. The topological polar surface area (TPSA) is 64.8 Å². The van der Waals surface area contributed by atoms with Crippen LogP contribution in [0.5, 0.6) is 5.75 Å². The Labute approximate surface area is 114 Å². The maximum Gasteiger partial charge on any atom is 0.255 e. The summed E-state index contributed by atoms with van der Waals surface area (Å²) in [5, 5.41) is 0. The van der Waals surface area contributed by atoms with E-state index in [0.717, 1.165) is 12.1 Å². The fourth-order valence-corrected chi connectivity index (χ4v) is 1.77. The van der Waals surface area contributed by atoms with E-state index in [0.29, 0.717) is 18.8 Å². The Bertz CT molecular complexity index is 409. The van der Waals surface area contributed by atoms with Gasteiger partial charge in [-0.2, -0.15) is 0 Å². The largest absolute Gasteiger partial charge is 0.495 e. The molecule has 0 saturated heterocycles. The van der Waals surface area contributed by atoms with Gasteiger partial charge in [0.1, 0.15) is 11.9 Å². The molecule has 0 aliphatic carbocycles. The van der Waals surface area contributed by atoms with E-state index in [1.165, 1.54) is 7.11 Å². The van der Waals surface area contributed by atoms with E-state index in [4.69, 9.17) is 15.2 Å². The Morgan fingerprint density at radius 3 is 2.63 bits per heavy atom. The first-order chi connectivity index (χ1) is 9.15. The van der Waals surface area contributed by atoms with E-state index < -0.39 is 6.10 Å². The van der Waals surface area contributed by atoms with Crippen molar-refractivity contribution < 1.29 is 14.3 Å². The summed E-state index contributed by atoms with van der Waals surface area (Å²) in [5.74, 6) is 0.566. The fraction of sp³-hybridized carbons (Fsp3) is 0.500. The number of anilines is 1. The molecule has 0 aliphatic rings. The van der Waals surface area contributed by atoms with Gasteiger partial charge in [0.15, 0.2) is 0 Å². The number of carbonyl (C=O) groups excluding carboxylic acids is 1. The predicted molar refractivity (Wildman–Crippen MR) is 75.5 cm³/mol. The van der Waals surface area contributed by atoms with Crippen LogP contribution in [0.25, 0.3) is 0 Å². The highest BCUT2D eigenvalue weighted by Crippen LogP contribution is 2.28. The van der Waals surface area contributed by atoms with E-state index in [9.17, 15) is 4.79 Å². The van der Waals surface area contributed by atoms with Crippen LogP contribution < -0.4 is 15.4 Å². The normalized spacial score (nSPS) is 12.0. The van der Waals surface area contributed by atoms with Crippen LogP contribution in [-0.4, -0.2) is 39.3 Å². The molecule has 1 atom stereocenters. The molecule has 0 spiro atoms. The van der Waals surface area contributed by atoms with Crippen LogP contribution in [0.3, 0.4) is 0 Å². The minimum absolute atomic E-state index is 0.0968. The van der Waals surface area contributed by atoms with E-state index in [1.807, 2.05) is 24.3 Å². The van der Waals surface area contributed by atoms with Crippen molar-refractivity contribution in [2.75, 3.05) is 32.2 Å². The van der Waals surface area contributed by atoms with Crippen molar-refractivity contribution in [1.82, 2.24) is 0 Å². The van der Waals surface area contributed by atoms with Crippen molar-refractivity contribution in [2.45, 2.75) is 19.4 Å². The molecule has 0 aliphatic heterocycles. The molecular formula is C14H22N2O3. The number of nitrogens with two attached hydrogens (primary N) is 1. The number of benzene rings is 1. The SMILES string of the molecule is COc1ccccc1N(CCCN)C(=O)C(C)OC. The van der Waals surface area contributed by atoms with Crippen LogP contribution in [-0.2, 0) is 9.53 Å². The molecule has 106 valence electrons. The summed E-state index contributed by atoms with van der Waals surface area (Å²) in [5.41, 5.74) is 6.28. The summed E-state index contributed by atoms with van der Waals surface area (Å²) in [6, 6.07) is 7.43. The lowest BCUT2D eigenvalue weighted by Gasteiger charge is -2.26. The van der Waals surface area contributed by atoms with Gasteiger partial charge in [-0.15, -0.1) is 0 Å². The summed E-state index contributed by atoms with van der Waals surface area (Å²) < 4.78 is 10.4. The van der Waals surface area contributed by atoms with Gasteiger partial charge in [0, 0.05) is 13.7 Å². The van der Waals surface area contributed by atoms with Gasteiger partial charge in [0.25, 0.3) is 5.91 Å². The fourth-order valence-electron chi connectivity index (χ4n) is 1.77. The molecule has 1 rings (SSSR count). The van der Waals surface area contributed by atoms with Gasteiger partial charge in [-0.1, -0.05) is 12.1 Å². The lowest BCUT2D eigenvalue weighted by atomic mass is 10.2. The summed E-state index contributed by atoms with van der Waals surface area (Å²) >= 11 is 0. The molecule has 0 saturated carbocycles. The highest BCUT2D eigenvalue weighted by molar-refractivity contribution is 5.97. The zero-order chi connectivity index (χ0) is 14.3. The van der Waals surface area contributed by atoms with Gasteiger partial charge < -0.3 is 20.1 Å². The molecule has 2 N–H and O–H groups in total. The van der Waals surface area contributed by atoms with Crippen LogP contribution in [0.1, 0.15) is 13.3 Å². The first-order valence-electron chi connectivity index (χ1n) is 6.33. The van der Waals surface area contributed by atoms with E-state index in [-0.39, 0.29) is 5.91 Å². The van der Waals surface area contributed by atoms with Crippen LogP contribution in [0.4, 0.5) is 5.69 Å². The summed E-state index contributed by atoms with van der Waals surface area (Å²) in [7, 11) is 3.11. The molecule has 5 heteroatoms. The van der Waals surface area contributed by atoms with Crippen molar-refractivity contribution in [2.24, 2.45) is 5.73 Å². The lowest BCUT2D eigenvalue weighted by molar-refractivity contribution is -0.127. The maximum absolute atomic E-state index is 12.4. The summed E-state index contributed by atoms with van der Waals surface area (Å²) in [6.45, 7) is 2.80. The molecule has 0 heterocycles. The maximum atomic E-state index is 12.4. The molecule has 0 bridgehead atoms. The quantitative estimate of drug-likeness (QED) is 0.810. The Morgan fingerprint density at radius 2 is 2.05 bits per heavy atom. The van der Waals surface area contributed by atoms with Gasteiger partial charge in [-0.3, -0.25) is 4.79 Å². The van der Waals surface area contributed by atoms with E-state index >= 15 is 0 Å². The third-order valence-electron chi connectivity index (χ3n) is 2.93. The number of carbonyl (C=O) groups is 1. The third-order valence-corrected chi connectivity index (χ3v) is 2.93. The molecule has 0 radical (unpaired) electrons. The zero-order valence-electron chi connectivity index (χ0n) is 11.8. The summed E-state index contributed by atoms with van der Waals surface area (Å²) in [4.78, 5) is 14.0. The van der Waals surface area contributed by atoms with Crippen LogP contribution in [0, 0.1) is 0 Å². The Hall–Kier alpha value is -1.59. The predicted octanol–water partition coefficient (Wildman–Crippen LogP) is 1.41. The molecular weight excluding hydrogens is 244 g/mol. The molecule has 0 fully saturated rings. The highest BCUT2D eigenvalue weighted by atomic mass is 16.5. The van der Waals surface area contributed by atoms with Gasteiger partial charge in [-0.05, 0) is 32.0 Å². The molecule has 1 aromatic rings. The number of nitrogens with zero attached hydrogens (tertiary/aromatic N) is 1. The van der Waals surface area contributed by atoms with Crippen molar-refractivity contribution >= 4 is 11.6 Å². The molecule has 1 amide bonds. The van der Waals surface area contributed by atoms with Crippen molar-refractivity contribution in [3.63, 3.8) is 0 Å². The van der Waals surface area contributed by atoms with Gasteiger partial charge >= 0.3 is 0 Å². The molecule has 5 nitrogen and oxygen atoms in total. The van der Waals surface area contributed by atoms with Gasteiger partial charge in [-0.25, -0.2) is 0 Å². The number of methoxy groups -OCH3 is 2. The average molecular weight is 266 g/mol. The highest BCUT2D eigenvalue weighted by Gasteiger charge is 2.23. The number of hydrogen-bond acceptors (Lipinski definition) is 4. The number of hydrogen-bond donors (Lipinski definition) is 1. The number of rotatable bonds is 7. The minimum Gasteiger partial charge on any atom is -0.495 e. The first kappa shape index (κ1) is 15.5. The van der Waals surface area contributed by atoms with Crippen molar-refractivity contribution in [3.8, 4) is 5.75 Å². The molecule has 1 aromatic carbocycles. The smallest absolute Gasteiger partial charge is 0.255 e. The minimum atomic E-state index is -0.498. The monoisotopic (exact) mass is 266 g/mol. The van der Waals surface area contributed by atoms with Crippen LogP contribution >= 0.6 is 0 Å². The number of ether oxygens (including phenoxy) is 2. The van der Waals surface area contributed by atoms with Crippen LogP contribution in [0.15, 0.2) is 24.3 Å². The van der Waals surface area contributed by atoms with E-state index in [1.54, 1.807) is 18.9 Å². The Balaban J connectivity index is 3.05. The van der Waals surface area contributed by atoms with Crippen molar-refractivity contribution in [3.05, 3.63) is 24.3 Å². The zero-order valence-corrected chi connectivity index (χ0v) is 11.8. The number of amides is 1. The molecule has 0 aromatic heterocycles. The number of para-hydroxylation sites is 2. The first-order valence-corrected chi connectivity index (χ1v) is 6.33. The second-order valence-electron chi connectivity index (χ2n) is 4.18. The Kier molecular flexibility index (Phi) is 6.32.